The number of aromatic amines is 1. The van der Waals surface area contributed by atoms with Crippen molar-refractivity contribution in [3.63, 3.8) is 0 Å². The number of imidazole rings is 1. The molecule has 2 aliphatic rings. The second-order valence-electron chi connectivity index (χ2n) is 7.18. The monoisotopic (exact) mass is 366 g/mol. The second-order valence-corrected chi connectivity index (χ2v) is 8.13. The number of nitrogens with one attached hydrogen (secondary N) is 1. The number of nitrogens with zero attached hydrogens (tertiary/aromatic N) is 5. The Bertz CT molecular complexity index is 894. The van der Waals surface area contributed by atoms with Crippen molar-refractivity contribution >= 4 is 16.5 Å². The molecular weight excluding hydrogens is 344 g/mol. The van der Waals surface area contributed by atoms with Crippen LogP contribution < -0.4 is 4.90 Å². The molecule has 0 atom stereocenters. The highest BCUT2D eigenvalue weighted by atomic mass is 32.1. The van der Waals surface area contributed by atoms with Crippen molar-refractivity contribution < 1.29 is 0 Å². The summed E-state index contributed by atoms with van der Waals surface area (Å²) in [6, 6.07) is 10.3. The average molecular weight is 366 g/mol. The standard InChI is InChI=1S/C19H22N6S/c1-24-10-7-15-16(21-13-20-15)19(24)8-11-25(12-9-19)18-23-22-17(26-18)14-5-3-2-4-6-14/h2-6,13H,7-12H2,1H3,(H,20,21). The molecule has 5 rings (SSSR count). The highest BCUT2D eigenvalue weighted by molar-refractivity contribution is 7.18. The van der Waals surface area contributed by atoms with Crippen LogP contribution in [0.1, 0.15) is 24.2 Å². The number of aromatic nitrogens is 4. The van der Waals surface area contributed by atoms with Gasteiger partial charge < -0.3 is 9.88 Å². The summed E-state index contributed by atoms with van der Waals surface area (Å²) >= 11 is 1.68. The summed E-state index contributed by atoms with van der Waals surface area (Å²) < 4.78 is 0. The molecule has 2 aromatic heterocycles. The third kappa shape index (κ3) is 2.46. The molecule has 26 heavy (non-hydrogen) atoms. The van der Waals surface area contributed by atoms with Crippen LogP contribution in [0.25, 0.3) is 10.6 Å². The minimum absolute atomic E-state index is 0.0665. The van der Waals surface area contributed by atoms with Crippen molar-refractivity contribution in [2.75, 3.05) is 31.6 Å². The molecule has 1 fully saturated rings. The third-order valence-corrected chi connectivity index (χ3v) is 6.92. The first-order valence-electron chi connectivity index (χ1n) is 9.14. The lowest BCUT2D eigenvalue weighted by molar-refractivity contribution is 0.0713. The molecule has 1 aromatic carbocycles. The van der Waals surface area contributed by atoms with Crippen molar-refractivity contribution in [1.29, 1.82) is 0 Å². The summed E-state index contributed by atoms with van der Waals surface area (Å²) in [6.07, 6.45) is 5.06. The van der Waals surface area contributed by atoms with Crippen molar-refractivity contribution in [3.8, 4) is 10.6 Å². The molecule has 1 saturated heterocycles. The number of H-pyrrole nitrogens is 1. The highest BCUT2D eigenvalue weighted by Gasteiger charge is 2.45. The molecule has 0 aliphatic carbocycles. The first-order chi connectivity index (χ1) is 12.8. The lowest BCUT2D eigenvalue weighted by atomic mass is 9.79. The van der Waals surface area contributed by atoms with Gasteiger partial charge in [0.05, 0.1) is 17.6 Å². The Morgan fingerprint density at radius 1 is 1.08 bits per heavy atom. The summed E-state index contributed by atoms with van der Waals surface area (Å²) in [5, 5.41) is 10.9. The zero-order valence-corrected chi connectivity index (χ0v) is 15.7. The Balaban J connectivity index is 1.36. The molecule has 0 saturated carbocycles. The van der Waals surface area contributed by atoms with E-state index in [1.54, 1.807) is 11.3 Å². The van der Waals surface area contributed by atoms with Crippen molar-refractivity contribution in [2.24, 2.45) is 0 Å². The van der Waals surface area contributed by atoms with Gasteiger partial charge >= 0.3 is 0 Å². The lowest BCUT2D eigenvalue weighted by Gasteiger charge is -2.49. The molecule has 0 radical (unpaired) electrons. The number of hydrogen-bond donors (Lipinski definition) is 1. The Kier molecular flexibility index (Phi) is 3.79. The summed E-state index contributed by atoms with van der Waals surface area (Å²) in [5.41, 5.74) is 3.78. The van der Waals surface area contributed by atoms with Crippen LogP contribution in [-0.4, -0.2) is 51.7 Å². The lowest BCUT2D eigenvalue weighted by Crippen LogP contribution is -2.55. The smallest absolute Gasteiger partial charge is 0.208 e. The Hall–Kier alpha value is -2.25. The van der Waals surface area contributed by atoms with Crippen LogP contribution in [0.15, 0.2) is 36.7 Å². The van der Waals surface area contributed by atoms with Crippen LogP contribution in [0.2, 0.25) is 0 Å². The molecule has 2 aliphatic heterocycles. The van der Waals surface area contributed by atoms with E-state index in [0.29, 0.717) is 0 Å². The van der Waals surface area contributed by atoms with Crippen LogP contribution in [0, 0.1) is 0 Å². The van der Waals surface area contributed by atoms with Gasteiger partial charge in [0.15, 0.2) is 0 Å². The maximum Gasteiger partial charge on any atom is 0.208 e. The fourth-order valence-corrected chi connectivity index (χ4v) is 5.22. The van der Waals surface area contributed by atoms with Crippen molar-refractivity contribution in [2.45, 2.75) is 24.8 Å². The molecule has 6 nitrogen and oxygen atoms in total. The number of hydrogen-bond acceptors (Lipinski definition) is 6. The summed E-state index contributed by atoms with van der Waals surface area (Å²) in [6.45, 7) is 3.06. The van der Waals surface area contributed by atoms with E-state index in [9.17, 15) is 0 Å². The third-order valence-electron chi connectivity index (χ3n) is 5.88. The zero-order chi connectivity index (χ0) is 17.6. The quantitative estimate of drug-likeness (QED) is 0.756. The number of fused-ring (bicyclic) bond motifs is 2. The first kappa shape index (κ1) is 16.0. The largest absolute Gasteiger partial charge is 0.348 e. The topological polar surface area (TPSA) is 60.9 Å². The predicted octanol–water partition coefficient (Wildman–Crippen LogP) is 2.91. The Morgan fingerprint density at radius 2 is 1.88 bits per heavy atom. The summed E-state index contributed by atoms with van der Waals surface area (Å²) in [7, 11) is 2.24. The molecule has 0 unspecified atom stereocenters. The number of piperidine rings is 1. The van der Waals surface area contributed by atoms with E-state index < -0.39 is 0 Å². The number of likely N-dealkylation sites (N-methyl/N-ethyl adjacent to an activating group) is 1. The fourth-order valence-electron chi connectivity index (χ4n) is 4.31. The summed E-state index contributed by atoms with van der Waals surface area (Å²) in [5.74, 6) is 0. The molecule has 0 bridgehead atoms. The van der Waals surface area contributed by atoms with E-state index in [2.05, 4.69) is 49.1 Å². The Morgan fingerprint density at radius 3 is 2.69 bits per heavy atom. The van der Waals surface area contributed by atoms with E-state index in [1.165, 1.54) is 11.4 Å². The summed E-state index contributed by atoms with van der Waals surface area (Å²) in [4.78, 5) is 12.9. The Labute approximate surface area is 156 Å². The minimum atomic E-state index is 0.0665. The molecule has 0 amide bonds. The van der Waals surface area contributed by atoms with Gasteiger partial charge in [-0.05, 0) is 19.9 Å². The van der Waals surface area contributed by atoms with E-state index in [-0.39, 0.29) is 5.54 Å². The molecule has 134 valence electrons. The molecule has 4 heterocycles. The highest BCUT2D eigenvalue weighted by Crippen LogP contribution is 2.42. The molecular formula is C19H22N6S. The van der Waals surface area contributed by atoms with Gasteiger partial charge in [0.2, 0.25) is 5.13 Å². The fraction of sp³-hybridized carbons (Fsp3) is 0.421. The molecule has 1 spiro atoms. The van der Waals surface area contributed by atoms with Crippen LogP contribution in [-0.2, 0) is 12.0 Å². The van der Waals surface area contributed by atoms with Gasteiger partial charge in [-0.3, -0.25) is 4.90 Å². The van der Waals surface area contributed by atoms with Crippen LogP contribution >= 0.6 is 11.3 Å². The molecule has 7 heteroatoms. The van der Waals surface area contributed by atoms with E-state index in [0.717, 1.165) is 54.6 Å². The van der Waals surface area contributed by atoms with Crippen LogP contribution in [0.3, 0.4) is 0 Å². The zero-order valence-electron chi connectivity index (χ0n) is 14.9. The predicted molar refractivity (Wildman–Crippen MR) is 103 cm³/mol. The van der Waals surface area contributed by atoms with E-state index in [4.69, 9.17) is 0 Å². The first-order valence-corrected chi connectivity index (χ1v) is 9.96. The van der Waals surface area contributed by atoms with E-state index >= 15 is 0 Å². The van der Waals surface area contributed by atoms with Gasteiger partial charge in [0.1, 0.15) is 5.01 Å². The van der Waals surface area contributed by atoms with Gasteiger partial charge in [0.25, 0.3) is 0 Å². The van der Waals surface area contributed by atoms with Crippen molar-refractivity contribution in [3.05, 3.63) is 48.0 Å². The van der Waals surface area contributed by atoms with Crippen molar-refractivity contribution in [1.82, 2.24) is 25.1 Å². The maximum atomic E-state index is 4.68. The average Bonchev–Trinajstić information content (AvgIpc) is 3.36. The number of anilines is 1. The van der Waals surface area contributed by atoms with Gasteiger partial charge in [-0.1, -0.05) is 41.7 Å². The van der Waals surface area contributed by atoms with Gasteiger partial charge in [0, 0.05) is 37.3 Å². The van der Waals surface area contributed by atoms with Gasteiger partial charge in [-0.2, -0.15) is 0 Å². The van der Waals surface area contributed by atoms with E-state index in [1.807, 2.05) is 24.5 Å². The molecule has 3 aromatic rings. The van der Waals surface area contributed by atoms with Gasteiger partial charge in [-0.25, -0.2) is 4.98 Å². The van der Waals surface area contributed by atoms with Crippen LogP contribution in [0.4, 0.5) is 5.13 Å². The number of rotatable bonds is 2. The number of benzene rings is 1. The minimum Gasteiger partial charge on any atom is -0.348 e. The SMILES string of the molecule is CN1CCc2[nH]cnc2C12CCN(c1nnc(-c3ccccc3)s1)CC2. The van der Waals surface area contributed by atoms with Gasteiger partial charge in [-0.15, -0.1) is 10.2 Å². The van der Waals surface area contributed by atoms with Crippen LogP contribution in [0.5, 0.6) is 0 Å². The second kappa shape index (κ2) is 6.17. The maximum absolute atomic E-state index is 4.68. The normalized spacial score (nSPS) is 19.7. The molecule has 1 N–H and O–H groups in total.